The van der Waals surface area contributed by atoms with E-state index in [1.807, 2.05) is 30.3 Å². The van der Waals surface area contributed by atoms with Gasteiger partial charge in [-0.3, -0.25) is 14.3 Å². The third kappa shape index (κ3) is 2.24. The van der Waals surface area contributed by atoms with Gasteiger partial charge in [0.25, 0.3) is 5.56 Å². The average molecular weight is 283 g/mol. The summed E-state index contributed by atoms with van der Waals surface area (Å²) < 4.78 is 1.63. The molecule has 0 aliphatic rings. The monoisotopic (exact) mass is 282 g/mol. The van der Waals surface area contributed by atoms with Crippen molar-refractivity contribution >= 4 is 11.6 Å². The normalized spacial score (nSPS) is 10.4. The Kier molecular flexibility index (Phi) is 3.35. The first kappa shape index (κ1) is 12.6. The number of nitrogens with zero attached hydrogens (tertiary/aromatic N) is 2. The zero-order chi connectivity index (χ0) is 13.9. The molecule has 0 fully saturated rings. The van der Waals surface area contributed by atoms with Crippen LogP contribution >= 0.6 is 11.6 Å². The van der Waals surface area contributed by atoms with E-state index in [1.54, 1.807) is 35.2 Å². The van der Waals surface area contributed by atoms with Crippen molar-refractivity contribution in [2.75, 3.05) is 0 Å². The molecule has 1 aromatic carbocycles. The first-order valence-electron chi connectivity index (χ1n) is 6.15. The van der Waals surface area contributed by atoms with Crippen molar-refractivity contribution in [2.45, 2.75) is 0 Å². The second kappa shape index (κ2) is 5.31. The summed E-state index contributed by atoms with van der Waals surface area (Å²) in [7, 11) is 0. The van der Waals surface area contributed by atoms with E-state index in [1.165, 1.54) is 6.07 Å². The van der Waals surface area contributed by atoms with Crippen molar-refractivity contribution in [1.29, 1.82) is 0 Å². The third-order valence-electron chi connectivity index (χ3n) is 3.02. The molecule has 3 rings (SSSR count). The molecule has 0 saturated heterocycles. The lowest BCUT2D eigenvalue weighted by Crippen LogP contribution is -2.18. The molecule has 0 atom stereocenters. The summed E-state index contributed by atoms with van der Waals surface area (Å²) in [6, 6.07) is 16.2. The second-order valence-electron chi connectivity index (χ2n) is 4.27. The molecule has 0 N–H and O–H groups in total. The highest BCUT2D eigenvalue weighted by Gasteiger charge is 2.10. The molecule has 0 spiro atoms. The molecule has 0 amide bonds. The molecule has 4 heteroatoms. The van der Waals surface area contributed by atoms with Crippen LogP contribution in [0, 0.1) is 0 Å². The molecule has 98 valence electrons. The second-order valence-corrected chi connectivity index (χ2v) is 4.68. The smallest absolute Gasteiger partial charge is 0.255 e. The standard InChI is InChI=1S/C16H11ClN2O/c17-14-5-2-1-4-13(14)15-6-3-7-16(20)19(15)12-8-10-18-11-9-12/h1-11H. The Morgan fingerprint density at radius 2 is 1.65 bits per heavy atom. The van der Waals surface area contributed by atoms with E-state index in [0.717, 1.165) is 16.9 Å². The molecule has 0 unspecified atom stereocenters. The fourth-order valence-corrected chi connectivity index (χ4v) is 2.36. The maximum Gasteiger partial charge on any atom is 0.255 e. The SMILES string of the molecule is O=c1cccc(-c2ccccc2Cl)n1-c1ccncc1. The Balaban J connectivity index is 2.31. The first-order valence-corrected chi connectivity index (χ1v) is 6.52. The molecule has 0 aliphatic heterocycles. The lowest BCUT2D eigenvalue weighted by molar-refractivity contribution is 0.994. The van der Waals surface area contributed by atoms with E-state index < -0.39 is 0 Å². The summed E-state index contributed by atoms with van der Waals surface area (Å²) in [5.41, 5.74) is 2.24. The average Bonchev–Trinajstić information content (AvgIpc) is 2.48. The lowest BCUT2D eigenvalue weighted by atomic mass is 10.1. The zero-order valence-corrected chi connectivity index (χ0v) is 11.3. The number of halogens is 1. The van der Waals surface area contributed by atoms with Gasteiger partial charge in [-0.1, -0.05) is 35.9 Å². The minimum atomic E-state index is -0.103. The highest BCUT2D eigenvalue weighted by atomic mass is 35.5. The molecule has 3 nitrogen and oxygen atoms in total. The Morgan fingerprint density at radius 1 is 0.900 bits per heavy atom. The fraction of sp³-hybridized carbons (Fsp3) is 0. The molecule has 0 bridgehead atoms. The van der Waals surface area contributed by atoms with Crippen LogP contribution < -0.4 is 5.56 Å². The van der Waals surface area contributed by atoms with Crippen LogP contribution in [-0.2, 0) is 0 Å². The lowest BCUT2D eigenvalue weighted by Gasteiger charge is -2.13. The number of rotatable bonds is 2. The van der Waals surface area contributed by atoms with Crippen LogP contribution in [0.3, 0.4) is 0 Å². The Hall–Kier alpha value is -2.39. The topological polar surface area (TPSA) is 34.9 Å². The van der Waals surface area contributed by atoms with Crippen molar-refractivity contribution in [1.82, 2.24) is 9.55 Å². The van der Waals surface area contributed by atoms with E-state index in [9.17, 15) is 4.79 Å². The highest BCUT2D eigenvalue weighted by molar-refractivity contribution is 6.33. The van der Waals surface area contributed by atoms with Crippen LogP contribution in [0.1, 0.15) is 0 Å². The van der Waals surface area contributed by atoms with Gasteiger partial charge < -0.3 is 0 Å². The minimum Gasteiger partial charge on any atom is -0.277 e. The number of hydrogen-bond acceptors (Lipinski definition) is 2. The third-order valence-corrected chi connectivity index (χ3v) is 3.35. The first-order chi connectivity index (χ1) is 9.77. The molecular formula is C16H11ClN2O. The van der Waals surface area contributed by atoms with E-state index in [2.05, 4.69) is 4.98 Å². The molecule has 3 aromatic rings. The number of benzene rings is 1. The van der Waals surface area contributed by atoms with Gasteiger partial charge in [0.1, 0.15) is 0 Å². The van der Waals surface area contributed by atoms with Crippen molar-refractivity contribution in [3.63, 3.8) is 0 Å². The van der Waals surface area contributed by atoms with E-state index in [-0.39, 0.29) is 5.56 Å². The van der Waals surface area contributed by atoms with E-state index in [4.69, 9.17) is 11.6 Å². The van der Waals surface area contributed by atoms with Crippen molar-refractivity contribution in [3.05, 3.63) is 82.4 Å². The molecule has 0 aliphatic carbocycles. The predicted molar refractivity (Wildman–Crippen MR) is 80.3 cm³/mol. The van der Waals surface area contributed by atoms with Gasteiger partial charge in [-0.15, -0.1) is 0 Å². The van der Waals surface area contributed by atoms with Crippen LogP contribution in [0.15, 0.2) is 71.8 Å². The van der Waals surface area contributed by atoms with Crippen molar-refractivity contribution < 1.29 is 0 Å². The number of aromatic nitrogens is 2. The van der Waals surface area contributed by atoms with E-state index >= 15 is 0 Å². The van der Waals surface area contributed by atoms with Gasteiger partial charge >= 0.3 is 0 Å². The van der Waals surface area contributed by atoms with Crippen LogP contribution in [-0.4, -0.2) is 9.55 Å². The maximum absolute atomic E-state index is 12.2. The van der Waals surface area contributed by atoms with Crippen LogP contribution in [0.5, 0.6) is 0 Å². The summed E-state index contributed by atoms with van der Waals surface area (Å²) in [5, 5.41) is 0.612. The van der Waals surface area contributed by atoms with Gasteiger partial charge in [-0.25, -0.2) is 0 Å². The summed E-state index contributed by atoms with van der Waals surface area (Å²) in [4.78, 5) is 16.2. The highest BCUT2D eigenvalue weighted by Crippen LogP contribution is 2.27. The van der Waals surface area contributed by atoms with Crippen molar-refractivity contribution in [3.8, 4) is 16.9 Å². The largest absolute Gasteiger partial charge is 0.277 e. The Bertz CT molecular complexity index is 797. The zero-order valence-electron chi connectivity index (χ0n) is 10.5. The van der Waals surface area contributed by atoms with Gasteiger partial charge in [0.2, 0.25) is 0 Å². The predicted octanol–water partition coefficient (Wildman–Crippen LogP) is 3.55. The summed E-state index contributed by atoms with van der Waals surface area (Å²) in [6.45, 7) is 0. The van der Waals surface area contributed by atoms with Gasteiger partial charge in [0.15, 0.2) is 0 Å². The van der Waals surface area contributed by atoms with Crippen LogP contribution in [0.2, 0.25) is 5.02 Å². The molecule has 2 heterocycles. The van der Waals surface area contributed by atoms with E-state index in [0.29, 0.717) is 5.02 Å². The quantitative estimate of drug-likeness (QED) is 0.720. The van der Waals surface area contributed by atoms with Gasteiger partial charge in [0.05, 0.1) is 11.4 Å². The van der Waals surface area contributed by atoms with Crippen molar-refractivity contribution in [2.24, 2.45) is 0 Å². The molecule has 0 radical (unpaired) electrons. The number of hydrogen-bond donors (Lipinski definition) is 0. The molecule has 2 aromatic heterocycles. The van der Waals surface area contributed by atoms with Crippen LogP contribution in [0.4, 0.5) is 0 Å². The summed E-state index contributed by atoms with van der Waals surface area (Å²) in [6.07, 6.45) is 3.32. The minimum absolute atomic E-state index is 0.103. The molecular weight excluding hydrogens is 272 g/mol. The summed E-state index contributed by atoms with van der Waals surface area (Å²) in [5.74, 6) is 0. The number of pyridine rings is 2. The maximum atomic E-state index is 12.2. The van der Waals surface area contributed by atoms with Gasteiger partial charge in [-0.2, -0.15) is 0 Å². The summed E-state index contributed by atoms with van der Waals surface area (Å²) >= 11 is 6.24. The van der Waals surface area contributed by atoms with Gasteiger partial charge in [0, 0.05) is 29.0 Å². The van der Waals surface area contributed by atoms with Crippen LogP contribution in [0.25, 0.3) is 16.9 Å². The Labute approximate surface area is 121 Å². The Morgan fingerprint density at radius 3 is 2.40 bits per heavy atom. The van der Waals surface area contributed by atoms with Gasteiger partial charge in [-0.05, 0) is 24.3 Å². The fourth-order valence-electron chi connectivity index (χ4n) is 2.13. The molecule has 0 saturated carbocycles. The molecule has 20 heavy (non-hydrogen) atoms.